The van der Waals surface area contributed by atoms with Gasteiger partial charge < -0.3 is 9.47 Å². The molecule has 0 bridgehead atoms. The monoisotopic (exact) mass is 293 g/mol. The average Bonchev–Trinajstić information content (AvgIpc) is 2.26. The largest absolute Gasteiger partial charge is 0.490 e. The number of rotatable bonds is 7. The number of nitrogens with two attached hydrogens (primary N) is 1. The molecule has 0 aliphatic heterocycles. The molecule has 102 valence electrons. The zero-order valence-electron chi connectivity index (χ0n) is 10.1. The molecule has 0 amide bonds. The molecule has 1 aromatic carbocycles. The van der Waals surface area contributed by atoms with Crippen LogP contribution in [0.2, 0.25) is 5.02 Å². The molecule has 1 aromatic rings. The smallest absolute Gasteiger partial charge is 0.211 e. The minimum atomic E-state index is -3.46. The van der Waals surface area contributed by atoms with E-state index in [1.54, 1.807) is 6.07 Å². The van der Waals surface area contributed by atoms with Gasteiger partial charge in [0.15, 0.2) is 0 Å². The predicted octanol–water partition coefficient (Wildman–Crippen LogP) is 1.33. The molecular weight excluding hydrogens is 278 g/mol. The van der Waals surface area contributed by atoms with Crippen molar-refractivity contribution in [1.29, 1.82) is 0 Å². The summed E-state index contributed by atoms with van der Waals surface area (Å²) >= 11 is 5.93. The Hall–Kier alpha value is -0.820. The van der Waals surface area contributed by atoms with Crippen LogP contribution < -0.4 is 9.88 Å². The molecule has 0 atom stereocenters. The van der Waals surface area contributed by atoms with Crippen molar-refractivity contribution in [3.8, 4) is 5.75 Å². The predicted molar refractivity (Wildman–Crippen MR) is 70.5 cm³/mol. The highest BCUT2D eigenvalue weighted by atomic mass is 35.5. The minimum absolute atomic E-state index is 0.0593. The summed E-state index contributed by atoms with van der Waals surface area (Å²) in [5.41, 5.74) is 1.05. The quantitative estimate of drug-likeness (QED) is 0.769. The van der Waals surface area contributed by atoms with Gasteiger partial charge >= 0.3 is 0 Å². The number of halogens is 1. The van der Waals surface area contributed by atoms with Crippen molar-refractivity contribution in [3.05, 3.63) is 28.8 Å². The highest BCUT2D eigenvalue weighted by Crippen LogP contribution is 2.24. The van der Waals surface area contributed by atoms with Crippen LogP contribution in [0.4, 0.5) is 0 Å². The first kappa shape index (κ1) is 15.2. The number of hydrogen-bond acceptors (Lipinski definition) is 4. The van der Waals surface area contributed by atoms with Gasteiger partial charge in [-0.3, -0.25) is 0 Å². The van der Waals surface area contributed by atoms with Gasteiger partial charge in [-0.25, -0.2) is 13.6 Å². The van der Waals surface area contributed by atoms with Crippen molar-refractivity contribution >= 4 is 21.6 Å². The van der Waals surface area contributed by atoms with E-state index >= 15 is 0 Å². The molecule has 0 heterocycles. The Morgan fingerprint density at radius 3 is 2.67 bits per heavy atom. The lowest BCUT2D eigenvalue weighted by Gasteiger charge is -2.09. The van der Waals surface area contributed by atoms with Gasteiger partial charge in [0.25, 0.3) is 0 Å². The molecular formula is C11H16ClNO4S. The second kappa shape index (κ2) is 6.94. The number of ether oxygens (including phenoxy) is 2. The van der Waals surface area contributed by atoms with Gasteiger partial charge in [-0.2, -0.15) is 0 Å². The van der Waals surface area contributed by atoms with E-state index in [4.69, 9.17) is 26.2 Å². The van der Waals surface area contributed by atoms with Gasteiger partial charge in [0, 0.05) is 0 Å². The molecule has 0 aromatic heterocycles. The molecule has 0 aliphatic rings. The van der Waals surface area contributed by atoms with Gasteiger partial charge in [-0.1, -0.05) is 17.7 Å². The first-order valence-electron chi connectivity index (χ1n) is 5.35. The first-order valence-corrected chi connectivity index (χ1v) is 7.45. The number of aryl methyl sites for hydroxylation is 1. The van der Waals surface area contributed by atoms with Gasteiger partial charge in [-0.05, 0) is 24.6 Å². The van der Waals surface area contributed by atoms with Crippen LogP contribution in [-0.4, -0.2) is 34.0 Å². The third kappa shape index (κ3) is 6.20. The third-order valence-corrected chi connectivity index (χ3v) is 3.13. The number of hydrogen-bond donors (Lipinski definition) is 1. The van der Waals surface area contributed by atoms with Crippen LogP contribution in [0, 0.1) is 6.92 Å². The van der Waals surface area contributed by atoms with Crippen LogP contribution in [-0.2, 0) is 14.8 Å². The molecule has 0 spiro atoms. The topological polar surface area (TPSA) is 78.6 Å². The standard InChI is InChI=1S/C11H16ClNO4S/c1-9-2-3-10(12)11(8-9)17-5-4-16-6-7-18(13,14)15/h2-3,8H,4-7H2,1H3,(H2,13,14,15). The summed E-state index contributed by atoms with van der Waals surface area (Å²) < 4.78 is 31.7. The van der Waals surface area contributed by atoms with E-state index < -0.39 is 10.0 Å². The van der Waals surface area contributed by atoms with Gasteiger partial charge in [0.2, 0.25) is 10.0 Å². The second-order valence-electron chi connectivity index (χ2n) is 3.76. The van der Waals surface area contributed by atoms with Crippen LogP contribution in [0.1, 0.15) is 5.56 Å². The van der Waals surface area contributed by atoms with Crippen molar-refractivity contribution in [3.63, 3.8) is 0 Å². The first-order chi connectivity index (χ1) is 8.38. The Kier molecular flexibility index (Phi) is 5.87. The van der Waals surface area contributed by atoms with Crippen molar-refractivity contribution in [2.75, 3.05) is 25.6 Å². The van der Waals surface area contributed by atoms with Crippen molar-refractivity contribution in [2.24, 2.45) is 5.14 Å². The molecule has 5 nitrogen and oxygen atoms in total. The third-order valence-electron chi connectivity index (χ3n) is 2.08. The Morgan fingerprint density at radius 2 is 2.00 bits per heavy atom. The SMILES string of the molecule is Cc1ccc(Cl)c(OCCOCCS(N)(=O)=O)c1. The van der Waals surface area contributed by atoms with E-state index in [0.29, 0.717) is 17.4 Å². The van der Waals surface area contributed by atoms with Gasteiger partial charge in [-0.15, -0.1) is 0 Å². The highest BCUT2D eigenvalue weighted by molar-refractivity contribution is 7.89. The fraction of sp³-hybridized carbons (Fsp3) is 0.455. The maximum Gasteiger partial charge on any atom is 0.211 e. The molecule has 18 heavy (non-hydrogen) atoms. The lowest BCUT2D eigenvalue weighted by atomic mass is 10.2. The van der Waals surface area contributed by atoms with E-state index in [9.17, 15) is 8.42 Å². The summed E-state index contributed by atoms with van der Waals surface area (Å²) in [5.74, 6) is 0.393. The van der Waals surface area contributed by atoms with Gasteiger partial charge in [0.1, 0.15) is 12.4 Å². The van der Waals surface area contributed by atoms with Crippen LogP contribution in [0.25, 0.3) is 0 Å². The lowest BCUT2D eigenvalue weighted by molar-refractivity contribution is 0.111. The molecule has 0 fully saturated rings. The summed E-state index contributed by atoms with van der Waals surface area (Å²) in [7, 11) is -3.46. The van der Waals surface area contributed by atoms with Crippen molar-refractivity contribution < 1.29 is 17.9 Å². The normalized spacial score (nSPS) is 11.5. The van der Waals surface area contributed by atoms with Crippen molar-refractivity contribution in [1.82, 2.24) is 0 Å². The van der Waals surface area contributed by atoms with Crippen LogP contribution in [0.15, 0.2) is 18.2 Å². The zero-order valence-corrected chi connectivity index (χ0v) is 11.6. The maximum absolute atomic E-state index is 10.6. The summed E-state index contributed by atoms with van der Waals surface area (Å²) in [4.78, 5) is 0. The molecule has 0 unspecified atom stereocenters. The van der Waals surface area contributed by atoms with E-state index in [2.05, 4.69) is 0 Å². The Labute approximate surface area is 112 Å². The fourth-order valence-electron chi connectivity index (χ4n) is 1.21. The number of sulfonamides is 1. The summed E-state index contributed by atoms with van der Waals surface area (Å²) in [6.45, 7) is 2.57. The van der Waals surface area contributed by atoms with Crippen LogP contribution >= 0.6 is 11.6 Å². The average molecular weight is 294 g/mol. The van der Waals surface area contributed by atoms with E-state index in [-0.39, 0.29) is 19.0 Å². The fourth-order valence-corrected chi connectivity index (χ4v) is 1.73. The minimum Gasteiger partial charge on any atom is -0.490 e. The summed E-state index contributed by atoms with van der Waals surface area (Å²) in [6, 6.07) is 5.47. The zero-order chi connectivity index (χ0) is 13.6. The molecule has 0 aliphatic carbocycles. The maximum atomic E-state index is 10.6. The molecule has 0 saturated carbocycles. The van der Waals surface area contributed by atoms with E-state index in [1.165, 1.54) is 0 Å². The van der Waals surface area contributed by atoms with E-state index in [0.717, 1.165) is 5.56 Å². The Morgan fingerprint density at radius 1 is 1.28 bits per heavy atom. The molecule has 1 rings (SSSR count). The van der Waals surface area contributed by atoms with Gasteiger partial charge in [0.05, 0.1) is 24.0 Å². The Balaban J connectivity index is 2.24. The molecule has 2 N–H and O–H groups in total. The molecule has 0 saturated heterocycles. The number of benzene rings is 1. The highest BCUT2D eigenvalue weighted by Gasteiger charge is 2.03. The molecule has 7 heteroatoms. The summed E-state index contributed by atoms with van der Waals surface area (Å²) in [6.07, 6.45) is 0. The number of primary sulfonamides is 1. The lowest BCUT2D eigenvalue weighted by Crippen LogP contribution is -2.21. The van der Waals surface area contributed by atoms with E-state index in [1.807, 2.05) is 19.1 Å². The van der Waals surface area contributed by atoms with Crippen molar-refractivity contribution in [2.45, 2.75) is 6.92 Å². The molecule has 0 radical (unpaired) electrons. The van der Waals surface area contributed by atoms with Crippen LogP contribution in [0.3, 0.4) is 0 Å². The second-order valence-corrected chi connectivity index (χ2v) is 5.90. The van der Waals surface area contributed by atoms with Crippen LogP contribution in [0.5, 0.6) is 5.75 Å². The summed E-state index contributed by atoms with van der Waals surface area (Å²) in [5, 5.41) is 5.35. The Bertz CT molecular complexity index is 490.